The van der Waals surface area contributed by atoms with Crippen LogP contribution in [0.25, 0.3) is 0 Å². The molecule has 0 aromatic heterocycles. The van der Waals surface area contributed by atoms with E-state index in [0.717, 1.165) is 11.8 Å². The molecule has 3 aromatic carbocycles. The second kappa shape index (κ2) is 9.63. The van der Waals surface area contributed by atoms with Gasteiger partial charge in [0.05, 0.1) is 4.90 Å². The smallest absolute Gasteiger partial charge is 0.269 e. The number of sulfone groups is 1. The zero-order valence-electron chi connectivity index (χ0n) is 16.5. The Morgan fingerprint density at radius 1 is 0.806 bits per heavy atom. The molecular formula is C22H19ClN2O5S. The van der Waals surface area contributed by atoms with Gasteiger partial charge in [0.15, 0.2) is 9.84 Å². The molecule has 0 radical (unpaired) electrons. The van der Waals surface area contributed by atoms with E-state index in [1.807, 2.05) is 0 Å². The van der Waals surface area contributed by atoms with Gasteiger partial charge in [-0.2, -0.15) is 0 Å². The van der Waals surface area contributed by atoms with Crippen molar-refractivity contribution in [2.45, 2.75) is 11.5 Å². The van der Waals surface area contributed by atoms with E-state index in [1.165, 1.54) is 24.3 Å². The number of benzene rings is 3. The van der Waals surface area contributed by atoms with Crippen LogP contribution in [0.2, 0.25) is 5.02 Å². The zero-order valence-corrected chi connectivity index (χ0v) is 18.0. The van der Waals surface area contributed by atoms with Gasteiger partial charge < -0.3 is 4.74 Å². The number of hydrogen-bond acceptors (Lipinski definition) is 5. The van der Waals surface area contributed by atoms with Gasteiger partial charge in [-0.15, -0.1) is 0 Å². The molecule has 3 aromatic rings. The van der Waals surface area contributed by atoms with Crippen molar-refractivity contribution in [3.8, 4) is 5.75 Å². The van der Waals surface area contributed by atoms with E-state index in [2.05, 4.69) is 10.9 Å². The van der Waals surface area contributed by atoms with E-state index >= 15 is 0 Å². The maximum atomic E-state index is 12.2. The quantitative estimate of drug-likeness (QED) is 0.551. The van der Waals surface area contributed by atoms with Gasteiger partial charge in [-0.05, 0) is 66.2 Å². The predicted octanol–water partition coefficient (Wildman–Crippen LogP) is 3.40. The summed E-state index contributed by atoms with van der Waals surface area (Å²) < 4.78 is 28.6. The number of nitrogens with one attached hydrogen (secondary N) is 2. The highest BCUT2D eigenvalue weighted by Gasteiger charge is 2.11. The number of halogens is 1. The van der Waals surface area contributed by atoms with Crippen molar-refractivity contribution in [2.24, 2.45) is 0 Å². The lowest BCUT2D eigenvalue weighted by atomic mass is 10.1. The monoisotopic (exact) mass is 458 g/mol. The molecule has 0 unspecified atom stereocenters. The van der Waals surface area contributed by atoms with Crippen LogP contribution in [0.1, 0.15) is 26.3 Å². The highest BCUT2D eigenvalue weighted by atomic mass is 35.5. The van der Waals surface area contributed by atoms with Crippen molar-refractivity contribution in [2.75, 3.05) is 6.26 Å². The number of amides is 2. The summed E-state index contributed by atoms with van der Waals surface area (Å²) in [5.74, 6) is -0.383. The Labute approximate surface area is 184 Å². The molecule has 0 heterocycles. The number of carbonyl (C=O) groups excluding carboxylic acids is 2. The Hall–Kier alpha value is -3.36. The van der Waals surface area contributed by atoms with Gasteiger partial charge in [0.1, 0.15) is 12.4 Å². The fourth-order valence-electron chi connectivity index (χ4n) is 2.56. The summed E-state index contributed by atoms with van der Waals surface area (Å²) in [7, 11) is -3.35. The second-order valence-corrected chi connectivity index (χ2v) is 9.10. The minimum atomic E-state index is -3.35. The van der Waals surface area contributed by atoms with Crippen LogP contribution in [0, 0.1) is 0 Å². The van der Waals surface area contributed by atoms with Gasteiger partial charge in [-0.1, -0.05) is 23.7 Å². The molecule has 0 atom stereocenters. The van der Waals surface area contributed by atoms with Gasteiger partial charge in [0.2, 0.25) is 0 Å². The average molecular weight is 459 g/mol. The molecule has 31 heavy (non-hydrogen) atoms. The Balaban J connectivity index is 1.52. The first kappa shape index (κ1) is 22.3. The highest BCUT2D eigenvalue weighted by Crippen LogP contribution is 2.17. The molecule has 0 fully saturated rings. The SMILES string of the molecule is CS(=O)(=O)c1ccc(C(=O)NNC(=O)c2ccc(COc3ccc(Cl)cc3)cc2)cc1. The van der Waals surface area contributed by atoms with Crippen molar-refractivity contribution in [3.63, 3.8) is 0 Å². The summed E-state index contributed by atoms with van der Waals surface area (Å²) >= 11 is 5.84. The Kier molecular flexibility index (Phi) is 6.94. The Bertz CT molecular complexity index is 1180. The molecule has 0 spiro atoms. The van der Waals surface area contributed by atoms with Crippen molar-refractivity contribution >= 4 is 33.3 Å². The Morgan fingerprint density at radius 2 is 1.29 bits per heavy atom. The summed E-state index contributed by atoms with van der Waals surface area (Å²) in [5.41, 5.74) is 6.05. The Morgan fingerprint density at radius 3 is 1.77 bits per heavy atom. The summed E-state index contributed by atoms with van der Waals surface area (Å²) in [6.45, 7) is 0.323. The number of rotatable bonds is 6. The molecule has 0 aliphatic rings. The molecule has 160 valence electrons. The van der Waals surface area contributed by atoms with Crippen LogP contribution < -0.4 is 15.6 Å². The van der Waals surface area contributed by atoms with E-state index in [1.54, 1.807) is 48.5 Å². The summed E-state index contributed by atoms with van der Waals surface area (Å²) in [5, 5.41) is 0.626. The van der Waals surface area contributed by atoms with E-state index in [9.17, 15) is 18.0 Å². The molecule has 9 heteroatoms. The predicted molar refractivity (Wildman–Crippen MR) is 117 cm³/mol. The number of hydrazine groups is 1. The summed E-state index contributed by atoms with van der Waals surface area (Å²) in [4.78, 5) is 24.5. The molecule has 0 saturated heterocycles. The largest absolute Gasteiger partial charge is 0.489 e. The maximum Gasteiger partial charge on any atom is 0.269 e. The number of hydrogen-bond donors (Lipinski definition) is 2. The van der Waals surface area contributed by atoms with Gasteiger partial charge >= 0.3 is 0 Å². The van der Waals surface area contributed by atoms with Gasteiger partial charge in [0, 0.05) is 22.4 Å². The standard InChI is InChI=1S/C22H19ClN2O5S/c1-31(28,29)20-12-6-17(7-13-20)22(27)25-24-21(26)16-4-2-15(3-5-16)14-30-19-10-8-18(23)9-11-19/h2-13H,14H2,1H3,(H,24,26)(H,25,27). The summed E-state index contributed by atoms with van der Waals surface area (Å²) in [6, 6.07) is 19.1. The third kappa shape index (κ3) is 6.31. The first-order valence-corrected chi connectivity index (χ1v) is 11.4. The molecular weight excluding hydrogens is 440 g/mol. The highest BCUT2D eigenvalue weighted by molar-refractivity contribution is 7.90. The molecule has 0 aliphatic heterocycles. The second-order valence-electron chi connectivity index (χ2n) is 6.64. The first-order valence-electron chi connectivity index (χ1n) is 9.10. The van der Waals surface area contributed by atoms with Crippen molar-refractivity contribution < 1.29 is 22.7 Å². The van der Waals surface area contributed by atoms with Crippen LogP contribution in [0.15, 0.2) is 77.7 Å². The van der Waals surface area contributed by atoms with Crippen LogP contribution >= 0.6 is 11.6 Å². The number of carbonyl (C=O) groups is 2. The minimum Gasteiger partial charge on any atom is -0.489 e. The molecule has 0 saturated carbocycles. The maximum absolute atomic E-state index is 12.2. The minimum absolute atomic E-state index is 0.105. The fraction of sp³-hybridized carbons (Fsp3) is 0.0909. The van der Waals surface area contributed by atoms with Gasteiger partial charge in [-0.25, -0.2) is 8.42 Å². The average Bonchev–Trinajstić information content (AvgIpc) is 2.76. The first-order chi connectivity index (χ1) is 14.7. The van der Waals surface area contributed by atoms with Crippen LogP contribution in [0.5, 0.6) is 5.75 Å². The lowest BCUT2D eigenvalue weighted by molar-refractivity contribution is 0.0846. The lowest BCUT2D eigenvalue weighted by Gasteiger charge is -2.09. The topological polar surface area (TPSA) is 102 Å². The van der Waals surface area contributed by atoms with E-state index in [4.69, 9.17) is 16.3 Å². The van der Waals surface area contributed by atoms with Crippen molar-refractivity contribution in [3.05, 3.63) is 94.5 Å². The van der Waals surface area contributed by atoms with Crippen LogP contribution in [-0.2, 0) is 16.4 Å². The third-order valence-corrected chi connectivity index (χ3v) is 5.65. The van der Waals surface area contributed by atoms with Crippen molar-refractivity contribution in [1.82, 2.24) is 10.9 Å². The van der Waals surface area contributed by atoms with E-state index < -0.39 is 21.7 Å². The number of ether oxygens (including phenoxy) is 1. The molecule has 0 bridgehead atoms. The lowest BCUT2D eigenvalue weighted by Crippen LogP contribution is -2.41. The van der Waals surface area contributed by atoms with Crippen LogP contribution in [0.4, 0.5) is 0 Å². The van der Waals surface area contributed by atoms with Crippen molar-refractivity contribution in [1.29, 1.82) is 0 Å². The van der Waals surface area contributed by atoms with E-state index in [-0.39, 0.29) is 10.5 Å². The van der Waals surface area contributed by atoms with Crippen LogP contribution in [0.3, 0.4) is 0 Å². The molecule has 7 nitrogen and oxygen atoms in total. The third-order valence-electron chi connectivity index (χ3n) is 4.27. The molecule has 3 rings (SSSR count). The normalized spacial score (nSPS) is 10.9. The van der Waals surface area contributed by atoms with Crippen LogP contribution in [-0.4, -0.2) is 26.5 Å². The molecule has 0 aliphatic carbocycles. The zero-order chi connectivity index (χ0) is 22.4. The van der Waals surface area contributed by atoms with Gasteiger partial charge in [-0.3, -0.25) is 20.4 Å². The fourth-order valence-corrected chi connectivity index (χ4v) is 3.32. The summed E-state index contributed by atoms with van der Waals surface area (Å²) in [6.07, 6.45) is 1.08. The molecule has 2 N–H and O–H groups in total. The van der Waals surface area contributed by atoms with Gasteiger partial charge in [0.25, 0.3) is 11.8 Å². The molecule has 2 amide bonds. The van der Waals surface area contributed by atoms with E-state index in [0.29, 0.717) is 22.9 Å².